The van der Waals surface area contributed by atoms with Crippen LogP contribution in [0.2, 0.25) is 0 Å². The molecule has 0 nitrogen and oxygen atoms in total. The summed E-state index contributed by atoms with van der Waals surface area (Å²) in [5, 5.41) is 0. The van der Waals surface area contributed by atoms with Crippen molar-refractivity contribution in [3.05, 3.63) is 0 Å². The Labute approximate surface area is 102 Å². The molecule has 0 aliphatic carbocycles. The van der Waals surface area contributed by atoms with Gasteiger partial charge in [-0.1, -0.05) is 48.5 Å². The fourth-order valence-electron chi connectivity index (χ4n) is 1.77. The largest absolute Gasteiger partial charge is 0.165 e. The van der Waals surface area contributed by atoms with E-state index >= 15 is 0 Å². The van der Waals surface area contributed by atoms with Gasteiger partial charge < -0.3 is 0 Å². The predicted molar refractivity (Wildman–Crippen MR) is 74.6 cm³/mol. The molecule has 0 aromatic rings. The zero-order chi connectivity index (χ0) is 12.3. The molecule has 2 atom stereocenters. The predicted octanol–water partition coefficient (Wildman–Crippen LogP) is 5.08. The maximum absolute atomic E-state index is 2.43. The second-order valence-electron chi connectivity index (χ2n) is 6.82. The molecule has 0 aromatic carbocycles. The van der Waals surface area contributed by atoms with Gasteiger partial charge in [0.05, 0.1) is 0 Å². The first-order chi connectivity index (χ1) is 6.61. The molecule has 15 heavy (non-hydrogen) atoms. The highest BCUT2D eigenvalue weighted by Gasteiger charge is 2.31. The summed E-state index contributed by atoms with van der Waals surface area (Å²) in [5.74, 6) is 2.87. The zero-order valence-corrected chi connectivity index (χ0v) is 12.8. The lowest BCUT2D eigenvalue weighted by Crippen LogP contribution is -2.30. The van der Waals surface area contributed by atoms with Gasteiger partial charge in [-0.05, 0) is 41.1 Å². The normalized spacial score (nSPS) is 17.6. The summed E-state index contributed by atoms with van der Waals surface area (Å²) >= 11 is 1.97. The Balaban J connectivity index is 4.36. The van der Waals surface area contributed by atoms with E-state index in [4.69, 9.17) is 0 Å². The molecular formula is C14H30S. The molecule has 0 bridgehead atoms. The van der Waals surface area contributed by atoms with Crippen molar-refractivity contribution < 1.29 is 0 Å². The summed E-state index contributed by atoms with van der Waals surface area (Å²) in [4.78, 5) is 0. The van der Waals surface area contributed by atoms with Crippen LogP contribution in [0.5, 0.6) is 0 Å². The van der Waals surface area contributed by atoms with Gasteiger partial charge in [0.15, 0.2) is 0 Å². The smallest absolute Gasteiger partial charge is 0.00394 e. The lowest BCUT2D eigenvalue weighted by molar-refractivity contribution is 0.133. The minimum atomic E-state index is 0.441. The molecule has 0 rings (SSSR count). The van der Waals surface area contributed by atoms with E-state index in [1.807, 2.05) is 11.8 Å². The van der Waals surface area contributed by atoms with Crippen molar-refractivity contribution in [3.8, 4) is 0 Å². The van der Waals surface area contributed by atoms with E-state index in [9.17, 15) is 0 Å². The summed E-state index contributed by atoms with van der Waals surface area (Å²) in [6, 6.07) is 0. The van der Waals surface area contributed by atoms with Gasteiger partial charge in [-0.3, -0.25) is 0 Å². The van der Waals surface area contributed by atoms with Gasteiger partial charge in [0.25, 0.3) is 0 Å². The van der Waals surface area contributed by atoms with E-state index in [0.29, 0.717) is 10.8 Å². The molecule has 92 valence electrons. The topological polar surface area (TPSA) is 0 Å². The third-order valence-electron chi connectivity index (χ3n) is 4.06. The molecule has 0 spiro atoms. The molecule has 0 aliphatic heterocycles. The van der Waals surface area contributed by atoms with Crippen molar-refractivity contribution in [1.29, 1.82) is 0 Å². The first-order valence-electron chi connectivity index (χ1n) is 6.10. The van der Waals surface area contributed by atoms with Crippen LogP contribution in [-0.2, 0) is 0 Å². The third kappa shape index (κ3) is 5.29. The van der Waals surface area contributed by atoms with Gasteiger partial charge in [0.1, 0.15) is 0 Å². The maximum Gasteiger partial charge on any atom is -0.00394 e. The summed E-state index contributed by atoms with van der Waals surface area (Å²) in [6.45, 7) is 16.7. The van der Waals surface area contributed by atoms with Crippen molar-refractivity contribution in [2.75, 3.05) is 12.0 Å². The van der Waals surface area contributed by atoms with Crippen LogP contribution >= 0.6 is 11.8 Å². The molecule has 0 heterocycles. The van der Waals surface area contributed by atoms with Crippen molar-refractivity contribution in [3.63, 3.8) is 0 Å². The van der Waals surface area contributed by atoms with Crippen LogP contribution in [0, 0.1) is 22.7 Å². The van der Waals surface area contributed by atoms with Crippen LogP contribution in [-0.4, -0.2) is 12.0 Å². The average Bonchev–Trinajstić information content (AvgIpc) is 2.02. The van der Waals surface area contributed by atoms with E-state index in [0.717, 1.165) is 11.8 Å². The SMILES string of the molecule is CSCC(C)C(C)(C)CC(C)C(C)(C)C. The van der Waals surface area contributed by atoms with E-state index in [2.05, 4.69) is 54.7 Å². The minimum absolute atomic E-state index is 0.441. The van der Waals surface area contributed by atoms with Crippen molar-refractivity contribution in [1.82, 2.24) is 0 Å². The maximum atomic E-state index is 2.43. The van der Waals surface area contributed by atoms with Crippen LogP contribution in [0.25, 0.3) is 0 Å². The van der Waals surface area contributed by atoms with Crippen molar-refractivity contribution >= 4 is 11.8 Å². The van der Waals surface area contributed by atoms with E-state index in [1.54, 1.807) is 0 Å². The fourth-order valence-corrected chi connectivity index (χ4v) is 2.72. The molecule has 0 amide bonds. The van der Waals surface area contributed by atoms with Crippen LogP contribution in [0.15, 0.2) is 0 Å². The molecular weight excluding hydrogens is 200 g/mol. The summed E-state index contributed by atoms with van der Waals surface area (Å²) in [5.41, 5.74) is 0.909. The summed E-state index contributed by atoms with van der Waals surface area (Å²) < 4.78 is 0. The first-order valence-corrected chi connectivity index (χ1v) is 7.49. The molecule has 0 fully saturated rings. The molecule has 1 heteroatoms. The average molecular weight is 230 g/mol. The highest BCUT2D eigenvalue weighted by Crippen LogP contribution is 2.40. The molecule has 0 aliphatic rings. The zero-order valence-electron chi connectivity index (χ0n) is 12.0. The van der Waals surface area contributed by atoms with Gasteiger partial charge >= 0.3 is 0 Å². The van der Waals surface area contributed by atoms with Gasteiger partial charge in [0.2, 0.25) is 0 Å². The monoisotopic (exact) mass is 230 g/mol. The molecule has 0 saturated heterocycles. The standard InChI is InChI=1S/C14H30S/c1-11(13(3,4)5)9-14(6,7)12(2)10-15-8/h11-12H,9-10H2,1-8H3. The Morgan fingerprint density at radius 1 is 0.933 bits per heavy atom. The number of thioether (sulfide) groups is 1. The Morgan fingerprint density at radius 2 is 1.40 bits per heavy atom. The van der Waals surface area contributed by atoms with E-state index in [1.165, 1.54) is 12.2 Å². The van der Waals surface area contributed by atoms with Crippen molar-refractivity contribution in [2.45, 2.75) is 54.9 Å². The molecule has 2 unspecified atom stereocenters. The highest BCUT2D eigenvalue weighted by molar-refractivity contribution is 7.98. The first kappa shape index (κ1) is 15.3. The molecule has 0 aromatic heterocycles. The fraction of sp³-hybridized carbons (Fsp3) is 1.00. The Bertz CT molecular complexity index is 176. The third-order valence-corrected chi connectivity index (χ3v) is 4.89. The van der Waals surface area contributed by atoms with Crippen molar-refractivity contribution in [2.24, 2.45) is 22.7 Å². The number of hydrogen-bond donors (Lipinski definition) is 0. The Hall–Kier alpha value is 0.350. The number of hydrogen-bond acceptors (Lipinski definition) is 1. The van der Waals surface area contributed by atoms with Crippen LogP contribution in [0.4, 0.5) is 0 Å². The van der Waals surface area contributed by atoms with Crippen LogP contribution in [0.1, 0.15) is 54.9 Å². The lowest BCUT2D eigenvalue weighted by Gasteiger charge is -2.38. The Morgan fingerprint density at radius 3 is 1.73 bits per heavy atom. The van der Waals surface area contributed by atoms with Gasteiger partial charge in [-0.2, -0.15) is 11.8 Å². The molecule has 0 saturated carbocycles. The van der Waals surface area contributed by atoms with Gasteiger partial charge in [0, 0.05) is 0 Å². The van der Waals surface area contributed by atoms with Gasteiger partial charge in [-0.25, -0.2) is 0 Å². The highest BCUT2D eigenvalue weighted by atomic mass is 32.2. The van der Waals surface area contributed by atoms with Gasteiger partial charge in [-0.15, -0.1) is 0 Å². The van der Waals surface area contributed by atoms with E-state index < -0.39 is 0 Å². The Kier molecular flexibility index (Phi) is 5.74. The minimum Gasteiger partial charge on any atom is -0.165 e. The molecule has 0 N–H and O–H groups in total. The second kappa shape index (κ2) is 5.61. The lowest BCUT2D eigenvalue weighted by atomic mass is 9.68. The summed E-state index contributed by atoms with van der Waals surface area (Å²) in [7, 11) is 0. The van der Waals surface area contributed by atoms with Crippen LogP contribution < -0.4 is 0 Å². The number of rotatable bonds is 5. The quantitative estimate of drug-likeness (QED) is 0.634. The second-order valence-corrected chi connectivity index (χ2v) is 7.73. The van der Waals surface area contributed by atoms with Crippen LogP contribution in [0.3, 0.4) is 0 Å². The summed E-state index contributed by atoms with van der Waals surface area (Å²) in [6.07, 6.45) is 3.54. The van der Waals surface area contributed by atoms with E-state index in [-0.39, 0.29) is 0 Å². The molecule has 0 radical (unpaired) electrons.